The molecule has 29 heavy (non-hydrogen) atoms. The van der Waals surface area contributed by atoms with E-state index in [9.17, 15) is 9.90 Å². The molecule has 4 saturated carbocycles. The normalized spacial score (nSPS) is 48.7. The summed E-state index contributed by atoms with van der Waals surface area (Å²) in [6, 6.07) is 0. The standard InChI is InChI=1S/C27H42O2/c1-5-6-7-8-14-27(29)17-16-25(3)20(18-27)9-10-21-23-12-11-22(19(2)28)26(23,4)15-13-24(21)25/h20-24,29H,5-7,9-13,15-18H2,1-4H3/t20-,21+,22-,23+,24+,25+,26-,27-/m1/s1. The number of unbranched alkanes of at least 4 members (excludes halogenated alkanes) is 2. The number of ketones is 1. The maximum absolute atomic E-state index is 12.3. The molecule has 0 heterocycles. The smallest absolute Gasteiger partial charge is 0.133 e. The number of aliphatic hydroxyl groups is 1. The average Bonchev–Trinajstić information content (AvgIpc) is 3.04. The lowest BCUT2D eigenvalue weighted by atomic mass is 9.44. The molecular formula is C27H42O2. The summed E-state index contributed by atoms with van der Waals surface area (Å²) in [5.74, 6) is 10.2. The van der Waals surface area contributed by atoms with Crippen molar-refractivity contribution in [3.63, 3.8) is 0 Å². The van der Waals surface area contributed by atoms with Gasteiger partial charge in [-0.25, -0.2) is 0 Å². The molecule has 4 rings (SSSR count). The first-order valence-corrected chi connectivity index (χ1v) is 12.5. The molecule has 0 amide bonds. The Bertz CT molecular complexity index is 701. The minimum Gasteiger partial charge on any atom is -0.378 e. The number of Topliss-reactive ketones (excluding diaryl/α,β-unsaturated/α-hetero) is 1. The molecule has 0 unspecified atom stereocenters. The van der Waals surface area contributed by atoms with Crippen LogP contribution in [0.2, 0.25) is 0 Å². The number of fused-ring (bicyclic) bond motifs is 5. The molecule has 2 heteroatoms. The summed E-state index contributed by atoms with van der Waals surface area (Å²) in [7, 11) is 0. The fourth-order valence-electron chi connectivity index (χ4n) is 8.52. The Labute approximate surface area is 178 Å². The average molecular weight is 399 g/mol. The second-order valence-electron chi connectivity index (χ2n) is 11.6. The van der Waals surface area contributed by atoms with E-state index in [1.807, 2.05) is 6.92 Å². The van der Waals surface area contributed by atoms with Crippen LogP contribution < -0.4 is 0 Å². The molecule has 8 atom stereocenters. The van der Waals surface area contributed by atoms with Crippen molar-refractivity contribution < 1.29 is 9.90 Å². The lowest BCUT2D eigenvalue weighted by molar-refractivity contribution is -0.144. The Morgan fingerprint density at radius 3 is 2.48 bits per heavy atom. The van der Waals surface area contributed by atoms with Gasteiger partial charge in [-0.1, -0.05) is 33.1 Å². The van der Waals surface area contributed by atoms with Gasteiger partial charge in [-0.05, 0) is 106 Å². The predicted molar refractivity (Wildman–Crippen MR) is 118 cm³/mol. The highest BCUT2D eigenvalue weighted by Crippen LogP contribution is 2.68. The number of hydrogen-bond acceptors (Lipinski definition) is 2. The van der Waals surface area contributed by atoms with E-state index in [1.54, 1.807) is 0 Å². The Kier molecular flexibility index (Phi) is 5.69. The van der Waals surface area contributed by atoms with Gasteiger partial charge in [0, 0.05) is 12.3 Å². The molecule has 162 valence electrons. The molecule has 0 aliphatic heterocycles. The number of carbonyl (C=O) groups excluding carboxylic acids is 1. The summed E-state index contributed by atoms with van der Waals surface area (Å²) in [4.78, 5) is 12.3. The molecule has 4 aliphatic rings. The molecule has 1 N–H and O–H groups in total. The summed E-state index contributed by atoms with van der Waals surface area (Å²) in [5, 5.41) is 11.2. The van der Waals surface area contributed by atoms with Crippen LogP contribution in [-0.4, -0.2) is 16.5 Å². The molecule has 4 aliphatic carbocycles. The lowest BCUT2D eigenvalue weighted by Gasteiger charge is -2.61. The third-order valence-electron chi connectivity index (χ3n) is 10.2. The zero-order valence-corrected chi connectivity index (χ0v) is 19.2. The second kappa shape index (κ2) is 7.71. The van der Waals surface area contributed by atoms with Gasteiger partial charge in [0.2, 0.25) is 0 Å². The van der Waals surface area contributed by atoms with E-state index in [0.29, 0.717) is 23.0 Å². The van der Waals surface area contributed by atoms with Crippen molar-refractivity contribution in [3.8, 4) is 11.8 Å². The Morgan fingerprint density at radius 1 is 1.00 bits per heavy atom. The maximum atomic E-state index is 12.3. The quantitative estimate of drug-likeness (QED) is 0.457. The van der Waals surface area contributed by atoms with Gasteiger partial charge in [-0.3, -0.25) is 4.79 Å². The molecule has 0 radical (unpaired) electrons. The van der Waals surface area contributed by atoms with E-state index in [2.05, 4.69) is 32.6 Å². The molecule has 0 aromatic heterocycles. The van der Waals surface area contributed by atoms with E-state index in [-0.39, 0.29) is 5.41 Å². The highest BCUT2D eigenvalue weighted by molar-refractivity contribution is 5.79. The zero-order valence-electron chi connectivity index (χ0n) is 19.2. The Hall–Kier alpha value is -0.810. The highest BCUT2D eigenvalue weighted by atomic mass is 16.3. The molecule has 0 aromatic rings. The van der Waals surface area contributed by atoms with Gasteiger partial charge >= 0.3 is 0 Å². The monoisotopic (exact) mass is 398 g/mol. The van der Waals surface area contributed by atoms with Crippen molar-refractivity contribution in [2.24, 2.45) is 40.4 Å². The van der Waals surface area contributed by atoms with Crippen molar-refractivity contribution in [2.45, 2.75) is 110 Å². The summed E-state index contributed by atoms with van der Waals surface area (Å²) >= 11 is 0. The molecule has 2 nitrogen and oxygen atoms in total. The zero-order chi connectivity index (χ0) is 20.9. The number of hydrogen-bond donors (Lipinski definition) is 1. The van der Waals surface area contributed by atoms with E-state index in [4.69, 9.17) is 0 Å². The van der Waals surface area contributed by atoms with Crippen LogP contribution in [0.3, 0.4) is 0 Å². The van der Waals surface area contributed by atoms with Gasteiger partial charge in [0.15, 0.2) is 0 Å². The molecule has 0 saturated heterocycles. The summed E-state index contributed by atoms with van der Waals surface area (Å²) in [6.07, 6.45) is 13.5. The van der Waals surface area contributed by atoms with Gasteiger partial charge < -0.3 is 5.11 Å². The van der Waals surface area contributed by atoms with Crippen molar-refractivity contribution in [3.05, 3.63) is 0 Å². The largest absolute Gasteiger partial charge is 0.378 e. The van der Waals surface area contributed by atoms with Crippen molar-refractivity contribution in [1.29, 1.82) is 0 Å². The van der Waals surface area contributed by atoms with Gasteiger partial charge in [0.05, 0.1) is 0 Å². The van der Waals surface area contributed by atoms with Crippen LogP contribution in [0.4, 0.5) is 0 Å². The van der Waals surface area contributed by atoms with E-state index in [1.165, 1.54) is 38.5 Å². The number of rotatable bonds is 3. The molecule has 4 fully saturated rings. The second-order valence-corrected chi connectivity index (χ2v) is 11.6. The summed E-state index contributed by atoms with van der Waals surface area (Å²) < 4.78 is 0. The van der Waals surface area contributed by atoms with Crippen molar-refractivity contribution in [2.75, 3.05) is 0 Å². The molecule has 0 spiro atoms. The minimum absolute atomic E-state index is 0.246. The fourth-order valence-corrected chi connectivity index (χ4v) is 8.52. The van der Waals surface area contributed by atoms with E-state index < -0.39 is 5.60 Å². The Morgan fingerprint density at radius 2 is 1.76 bits per heavy atom. The molecule has 0 bridgehead atoms. The molecule has 0 aromatic carbocycles. The fraction of sp³-hybridized carbons (Fsp3) is 0.889. The van der Waals surface area contributed by atoms with E-state index in [0.717, 1.165) is 56.3 Å². The van der Waals surface area contributed by atoms with Crippen LogP contribution in [0, 0.1) is 52.3 Å². The van der Waals surface area contributed by atoms with Crippen LogP contribution in [0.5, 0.6) is 0 Å². The topological polar surface area (TPSA) is 37.3 Å². The SMILES string of the molecule is CCCCC#C[C@@]1(O)CC[C@@]2(C)[C@H](CC[C@@H]3[C@@H]2CC[C@]2(C)[C@@H](C(C)=O)CC[C@@H]32)C1. The van der Waals surface area contributed by atoms with Crippen LogP contribution in [0.25, 0.3) is 0 Å². The highest BCUT2D eigenvalue weighted by Gasteiger charge is 2.61. The van der Waals surface area contributed by atoms with Crippen LogP contribution in [0.15, 0.2) is 0 Å². The first-order chi connectivity index (χ1) is 13.7. The van der Waals surface area contributed by atoms with E-state index >= 15 is 0 Å². The van der Waals surface area contributed by atoms with Gasteiger partial charge in [-0.2, -0.15) is 0 Å². The third kappa shape index (κ3) is 3.50. The van der Waals surface area contributed by atoms with Crippen LogP contribution >= 0.6 is 0 Å². The molecular weight excluding hydrogens is 356 g/mol. The van der Waals surface area contributed by atoms with Crippen molar-refractivity contribution in [1.82, 2.24) is 0 Å². The summed E-state index contributed by atoms with van der Waals surface area (Å²) in [5.41, 5.74) is -0.146. The third-order valence-corrected chi connectivity index (χ3v) is 10.2. The van der Waals surface area contributed by atoms with Gasteiger partial charge in [0.1, 0.15) is 11.4 Å². The maximum Gasteiger partial charge on any atom is 0.133 e. The summed E-state index contributed by atoms with van der Waals surface area (Å²) in [6.45, 7) is 9.00. The van der Waals surface area contributed by atoms with Gasteiger partial charge in [0.25, 0.3) is 0 Å². The van der Waals surface area contributed by atoms with Crippen molar-refractivity contribution >= 4 is 5.78 Å². The minimum atomic E-state index is -0.749. The van der Waals surface area contributed by atoms with Crippen LogP contribution in [-0.2, 0) is 4.79 Å². The van der Waals surface area contributed by atoms with Gasteiger partial charge in [-0.15, -0.1) is 5.92 Å². The first kappa shape index (κ1) is 21.4. The Balaban J connectivity index is 1.50. The number of carbonyl (C=O) groups is 1. The van der Waals surface area contributed by atoms with Crippen LogP contribution in [0.1, 0.15) is 105 Å². The predicted octanol–water partition coefficient (Wildman–Crippen LogP) is 6.16. The lowest BCUT2D eigenvalue weighted by Crippen LogP contribution is -2.56. The first-order valence-electron chi connectivity index (χ1n) is 12.5.